The molecule has 1 N–H and O–H groups in total. The largest absolute Gasteiger partial charge is 0.454 e. The minimum atomic E-state index is 0.0555. The SMILES string of the molecule is O=C(CN1CCN(Cc2ccc3c(c2)OCO3)CC1)Nc1ccc(N2CCCCC2)cc1. The molecule has 3 heterocycles. The molecule has 32 heavy (non-hydrogen) atoms. The maximum atomic E-state index is 12.5. The lowest BCUT2D eigenvalue weighted by Crippen LogP contribution is -2.48. The van der Waals surface area contributed by atoms with Crippen LogP contribution in [0.15, 0.2) is 42.5 Å². The Morgan fingerprint density at radius 2 is 1.53 bits per heavy atom. The van der Waals surface area contributed by atoms with Crippen LogP contribution in [0.5, 0.6) is 11.5 Å². The standard InChI is InChI=1S/C25H32N4O3/c30-25(26-21-5-7-22(8-6-21)29-10-2-1-3-11-29)18-28-14-12-27(13-15-28)17-20-4-9-23-24(16-20)32-19-31-23/h4-9,16H,1-3,10-15,17-19H2,(H,26,30). The lowest BCUT2D eigenvalue weighted by atomic mass is 10.1. The predicted octanol–water partition coefficient (Wildman–Crippen LogP) is 3.16. The Morgan fingerprint density at radius 3 is 2.31 bits per heavy atom. The smallest absolute Gasteiger partial charge is 0.238 e. The van der Waals surface area contributed by atoms with Gasteiger partial charge in [-0.25, -0.2) is 0 Å². The second-order valence-electron chi connectivity index (χ2n) is 8.88. The molecule has 0 spiro atoms. The molecule has 1 amide bonds. The average Bonchev–Trinajstić information content (AvgIpc) is 3.29. The summed E-state index contributed by atoms with van der Waals surface area (Å²) < 4.78 is 10.9. The molecule has 0 aromatic heterocycles. The number of carbonyl (C=O) groups is 1. The number of hydrogen-bond donors (Lipinski definition) is 1. The Balaban J connectivity index is 1.05. The van der Waals surface area contributed by atoms with Gasteiger partial charge in [0.05, 0.1) is 6.54 Å². The molecule has 170 valence electrons. The number of nitrogens with zero attached hydrogens (tertiary/aromatic N) is 3. The van der Waals surface area contributed by atoms with E-state index >= 15 is 0 Å². The maximum Gasteiger partial charge on any atom is 0.238 e. The topological polar surface area (TPSA) is 57.3 Å². The number of hydrogen-bond acceptors (Lipinski definition) is 6. The highest BCUT2D eigenvalue weighted by molar-refractivity contribution is 5.92. The third kappa shape index (κ3) is 5.16. The molecule has 5 rings (SSSR count). The Kier molecular flexibility index (Phi) is 6.46. The molecule has 0 atom stereocenters. The second kappa shape index (κ2) is 9.79. The fourth-order valence-electron chi connectivity index (χ4n) is 4.71. The van der Waals surface area contributed by atoms with Crippen molar-refractivity contribution in [1.29, 1.82) is 0 Å². The summed E-state index contributed by atoms with van der Waals surface area (Å²) in [6, 6.07) is 14.4. The van der Waals surface area contributed by atoms with E-state index in [1.807, 2.05) is 18.2 Å². The zero-order chi connectivity index (χ0) is 21.8. The number of rotatable bonds is 6. The van der Waals surface area contributed by atoms with Gasteiger partial charge in [0.25, 0.3) is 0 Å². The Hall–Kier alpha value is -2.77. The second-order valence-corrected chi connectivity index (χ2v) is 8.88. The number of fused-ring (bicyclic) bond motifs is 1. The van der Waals surface area contributed by atoms with E-state index in [4.69, 9.17) is 9.47 Å². The van der Waals surface area contributed by atoms with Gasteiger partial charge >= 0.3 is 0 Å². The molecular formula is C25H32N4O3. The highest BCUT2D eigenvalue weighted by atomic mass is 16.7. The fourth-order valence-corrected chi connectivity index (χ4v) is 4.71. The summed E-state index contributed by atoms with van der Waals surface area (Å²) >= 11 is 0. The van der Waals surface area contributed by atoms with Crippen LogP contribution in [0, 0.1) is 0 Å². The number of piperazine rings is 1. The summed E-state index contributed by atoms with van der Waals surface area (Å²) in [5, 5.41) is 3.06. The van der Waals surface area contributed by atoms with Crippen molar-refractivity contribution in [2.75, 3.05) is 62.8 Å². The molecule has 7 nitrogen and oxygen atoms in total. The van der Waals surface area contributed by atoms with Crippen molar-refractivity contribution in [1.82, 2.24) is 9.80 Å². The number of ether oxygens (including phenoxy) is 2. The molecule has 0 unspecified atom stereocenters. The molecule has 0 saturated carbocycles. The molecule has 2 saturated heterocycles. The van der Waals surface area contributed by atoms with Gasteiger partial charge in [-0.15, -0.1) is 0 Å². The van der Waals surface area contributed by atoms with Crippen molar-refractivity contribution in [3.63, 3.8) is 0 Å². The molecule has 2 aromatic carbocycles. The minimum absolute atomic E-state index is 0.0555. The first-order valence-corrected chi connectivity index (χ1v) is 11.7. The van der Waals surface area contributed by atoms with E-state index in [1.165, 1.54) is 30.5 Å². The van der Waals surface area contributed by atoms with Crippen molar-refractivity contribution >= 4 is 17.3 Å². The third-order valence-corrected chi connectivity index (χ3v) is 6.55. The average molecular weight is 437 g/mol. The van der Waals surface area contributed by atoms with Gasteiger partial charge in [-0.05, 0) is 61.2 Å². The lowest BCUT2D eigenvalue weighted by molar-refractivity contribution is -0.117. The highest BCUT2D eigenvalue weighted by Crippen LogP contribution is 2.32. The van der Waals surface area contributed by atoms with Crippen LogP contribution in [0.2, 0.25) is 0 Å². The molecule has 7 heteroatoms. The van der Waals surface area contributed by atoms with E-state index in [1.54, 1.807) is 0 Å². The van der Waals surface area contributed by atoms with E-state index in [0.717, 1.165) is 63.0 Å². The first-order valence-electron chi connectivity index (χ1n) is 11.7. The van der Waals surface area contributed by atoms with E-state index in [9.17, 15) is 4.79 Å². The molecule has 3 aliphatic heterocycles. The molecule has 2 fully saturated rings. The number of carbonyl (C=O) groups excluding carboxylic acids is 1. The molecule has 0 radical (unpaired) electrons. The number of amides is 1. The van der Waals surface area contributed by atoms with Crippen LogP contribution >= 0.6 is 0 Å². The molecule has 3 aliphatic rings. The summed E-state index contributed by atoms with van der Waals surface area (Å²) in [7, 11) is 0. The van der Waals surface area contributed by atoms with Crippen LogP contribution in [0.1, 0.15) is 24.8 Å². The van der Waals surface area contributed by atoms with Crippen LogP contribution in [-0.2, 0) is 11.3 Å². The van der Waals surface area contributed by atoms with Gasteiger partial charge in [0.1, 0.15) is 0 Å². The molecular weight excluding hydrogens is 404 g/mol. The van der Waals surface area contributed by atoms with E-state index in [2.05, 4.69) is 44.3 Å². The van der Waals surface area contributed by atoms with Gasteiger partial charge in [-0.1, -0.05) is 6.07 Å². The fraction of sp³-hybridized carbons (Fsp3) is 0.480. The highest BCUT2D eigenvalue weighted by Gasteiger charge is 2.20. The van der Waals surface area contributed by atoms with Crippen LogP contribution < -0.4 is 19.7 Å². The lowest BCUT2D eigenvalue weighted by Gasteiger charge is -2.34. The van der Waals surface area contributed by atoms with Crippen molar-refractivity contribution < 1.29 is 14.3 Å². The summed E-state index contributed by atoms with van der Waals surface area (Å²) in [5.74, 6) is 1.72. The van der Waals surface area contributed by atoms with Gasteiger partial charge in [-0.2, -0.15) is 0 Å². The molecule has 0 bridgehead atoms. The quantitative estimate of drug-likeness (QED) is 0.751. The van der Waals surface area contributed by atoms with E-state index in [-0.39, 0.29) is 5.91 Å². The van der Waals surface area contributed by atoms with E-state index in [0.29, 0.717) is 13.3 Å². The normalized spacial score (nSPS) is 19.2. The first-order chi connectivity index (χ1) is 15.7. The van der Waals surface area contributed by atoms with Crippen molar-refractivity contribution in [3.8, 4) is 11.5 Å². The number of nitrogens with one attached hydrogen (secondary N) is 1. The number of anilines is 2. The van der Waals surface area contributed by atoms with Crippen molar-refractivity contribution in [3.05, 3.63) is 48.0 Å². The zero-order valence-electron chi connectivity index (χ0n) is 18.6. The van der Waals surface area contributed by atoms with Crippen LogP contribution in [-0.4, -0.2) is 68.3 Å². The summed E-state index contributed by atoms with van der Waals surface area (Å²) in [6.07, 6.45) is 3.86. The molecule has 2 aromatic rings. The maximum absolute atomic E-state index is 12.5. The first kappa shape index (κ1) is 21.1. The third-order valence-electron chi connectivity index (χ3n) is 6.55. The van der Waals surface area contributed by atoms with Crippen molar-refractivity contribution in [2.45, 2.75) is 25.8 Å². The summed E-state index contributed by atoms with van der Waals surface area (Å²) in [6.45, 7) is 7.59. The van der Waals surface area contributed by atoms with Crippen molar-refractivity contribution in [2.24, 2.45) is 0 Å². The van der Waals surface area contributed by atoms with Gasteiger partial charge in [-0.3, -0.25) is 14.6 Å². The zero-order valence-corrected chi connectivity index (χ0v) is 18.6. The van der Waals surface area contributed by atoms with Gasteiger partial charge < -0.3 is 19.7 Å². The minimum Gasteiger partial charge on any atom is -0.454 e. The van der Waals surface area contributed by atoms with Crippen LogP contribution in [0.25, 0.3) is 0 Å². The van der Waals surface area contributed by atoms with E-state index < -0.39 is 0 Å². The van der Waals surface area contributed by atoms with Gasteiger partial charge in [0.15, 0.2) is 11.5 Å². The Bertz CT molecular complexity index is 919. The predicted molar refractivity (Wildman–Crippen MR) is 125 cm³/mol. The van der Waals surface area contributed by atoms with Gasteiger partial charge in [0.2, 0.25) is 12.7 Å². The summed E-state index contributed by atoms with van der Waals surface area (Å²) in [5.41, 5.74) is 3.35. The van der Waals surface area contributed by atoms with Gasteiger partial charge in [0, 0.05) is 57.2 Å². The molecule has 0 aliphatic carbocycles. The number of benzene rings is 2. The monoisotopic (exact) mass is 436 g/mol. The summed E-state index contributed by atoms with van der Waals surface area (Å²) in [4.78, 5) is 19.6. The van der Waals surface area contributed by atoms with Crippen LogP contribution in [0.4, 0.5) is 11.4 Å². The number of piperidine rings is 1. The Labute approximate surface area is 189 Å². The Morgan fingerprint density at radius 1 is 0.812 bits per heavy atom. The van der Waals surface area contributed by atoms with Crippen LogP contribution in [0.3, 0.4) is 0 Å².